The van der Waals surface area contributed by atoms with E-state index in [1.54, 1.807) is 60.4 Å². The van der Waals surface area contributed by atoms with Crippen LogP contribution in [-0.2, 0) is 25.6 Å². The summed E-state index contributed by atoms with van der Waals surface area (Å²) in [6.07, 6.45) is -0.206. The largest absolute Gasteiger partial charge is 0.493 e. The van der Waals surface area contributed by atoms with Crippen molar-refractivity contribution in [1.82, 2.24) is 4.90 Å². The van der Waals surface area contributed by atoms with Crippen LogP contribution < -0.4 is 19.7 Å². The molecule has 0 aliphatic carbocycles. The van der Waals surface area contributed by atoms with Gasteiger partial charge in [-0.05, 0) is 85.4 Å². The standard InChI is InChI=1S/C31H31N3O8S/c1-5-42-30(38)21-9-13-23(14-10-21)34-28(36)24(17-27(35)32-22-11-7-20(8-12-22)29(37)41-4)33(31(34)43)18-19-6-15-25(39-2)26(16-19)40-3/h6-16,24H,5,17-18H2,1-4H3,(H,32,35). The van der Waals surface area contributed by atoms with Crippen molar-refractivity contribution in [3.63, 3.8) is 0 Å². The van der Waals surface area contributed by atoms with Crippen LogP contribution in [0.2, 0.25) is 0 Å². The first-order valence-corrected chi connectivity index (χ1v) is 13.7. The molecule has 1 atom stereocenters. The second-order valence-electron chi connectivity index (χ2n) is 9.38. The highest BCUT2D eigenvalue weighted by Crippen LogP contribution is 2.32. The van der Waals surface area contributed by atoms with E-state index >= 15 is 0 Å². The molecule has 224 valence electrons. The number of carbonyl (C=O) groups excluding carboxylic acids is 4. The first kappa shape index (κ1) is 31.0. The lowest BCUT2D eigenvalue weighted by Gasteiger charge is -2.24. The molecule has 1 heterocycles. The number of amides is 2. The molecule has 1 aliphatic rings. The van der Waals surface area contributed by atoms with Crippen LogP contribution in [0.15, 0.2) is 66.7 Å². The smallest absolute Gasteiger partial charge is 0.338 e. The van der Waals surface area contributed by atoms with E-state index in [2.05, 4.69) is 5.32 Å². The van der Waals surface area contributed by atoms with Gasteiger partial charge in [-0.1, -0.05) is 6.07 Å². The topological polar surface area (TPSA) is 124 Å². The second kappa shape index (κ2) is 13.8. The monoisotopic (exact) mass is 605 g/mol. The fourth-order valence-electron chi connectivity index (χ4n) is 4.58. The van der Waals surface area contributed by atoms with Gasteiger partial charge in [0.2, 0.25) is 5.91 Å². The number of rotatable bonds is 11. The van der Waals surface area contributed by atoms with Gasteiger partial charge in [0.25, 0.3) is 5.91 Å². The zero-order valence-electron chi connectivity index (χ0n) is 24.1. The van der Waals surface area contributed by atoms with E-state index in [1.165, 1.54) is 38.4 Å². The zero-order chi connectivity index (χ0) is 31.1. The number of esters is 2. The fraction of sp³-hybridized carbons (Fsp3) is 0.258. The molecule has 0 saturated carbocycles. The number of benzene rings is 3. The first-order valence-electron chi connectivity index (χ1n) is 13.3. The molecule has 0 aromatic heterocycles. The molecule has 0 bridgehead atoms. The minimum absolute atomic E-state index is 0.198. The summed E-state index contributed by atoms with van der Waals surface area (Å²) in [6.45, 7) is 2.15. The van der Waals surface area contributed by atoms with E-state index in [4.69, 9.17) is 31.2 Å². The molecule has 2 amide bonds. The highest BCUT2D eigenvalue weighted by atomic mass is 32.1. The maximum absolute atomic E-state index is 13.8. The quantitative estimate of drug-likeness (QED) is 0.251. The number of carbonyl (C=O) groups is 4. The lowest BCUT2D eigenvalue weighted by Crippen LogP contribution is -2.37. The normalized spacial score (nSPS) is 14.4. The zero-order valence-corrected chi connectivity index (χ0v) is 24.9. The molecular formula is C31H31N3O8S. The number of ether oxygens (including phenoxy) is 4. The maximum atomic E-state index is 13.8. The lowest BCUT2D eigenvalue weighted by atomic mass is 10.1. The van der Waals surface area contributed by atoms with E-state index in [0.29, 0.717) is 34.0 Å². The number of anilines is 2. The van der Waals surface area contributed by atoms with Crippen molar-refractivity contribution in [1.29, 1.82) is 0 Å². The Labute approximate surface area is 254 Å². The van der Waals surface area contributed by atoms with Crippen molar-refractivity contribution < 1.29 is 38.1 Å². The van der Waals surface area contributed by atoms with E-state index in [0.717, 1.165) is 5.56 Å². The van der Waals surface area contributed by atoms with Crippen LogP contribution in [0.1, 0.15) is 39.6 Å². The minimum Gasteiger partial charge on any atom is -0.493 e. The Morgan fingerprint density at radius 2 is 1.49 bits per heavy atom. The van der Waals surface area contributed by atoms with E-state index in [1.807, 2.05) is 6.07 Å². The Hall–Kier alpha value is -4.97. The van der Waals surface area contributed by atoms with Gasteiger partial charge in [0.1, 0.15) is 6.04 Å². The number of hydrogen-bond donors (Lipinski definition) is 1. The van der Waals surface area contributed by atoms with Gasteiger partial charge in [0, 0.05) is 12.2 Å². The molecule has 1 fully saturated rings. The Balaban J connectivity index is 1.60. The summed E-state index contributed by atoms with van der Waals surface area (Å²) in [7, 11) is 4.35. The van der Waals surface area contributed by atoms with Gasteiger partial charge in [-0.15, -0.1) is 0 Å². The van der Waals surface area contributed by atoms with Gasteiger partial charge in [0.05, 0.1) is 51.2 Å². The third-order valence-corrected chi connectivity index (χ3v) is 7.14. The SMILES string of the molecule is CCOC(=O)c1ccc(N2C(=O)C(CC(=O)Nc3ccc(C(=O)OC)cc3)N(Cc3ccc(OC)c(OC)c3)C2=S)cc1. The molecule has 12 heteroatoms. The highest BCUT2D eigenvalue weighted by molar-refractivity contribution is 7.80. The Bertz CT molecular complexity index is 1520. The van der Waals surface area contributed by atoms with Crippen LogP contribution in [0, 0.1) is 0 Å². The molecule has 1 saturated heterocycles. The lowest BCUT2D eigenvalue weighted by molar-refractivity contribution is -0.124. The molecule has 1 N–H and O–H groups in total. The van der Waals surface area contributed by atoms with Crippen molar-refractivity contribution >= 4 is 52.5 Å². The van der Waals surface area contributed by atoms with Crippen molar-refractivity contribution in [2.45, 2.75) is 25.9 Å². The van der Waals surface area contributed by atoms with Crippen molar-refractivity contribution in [2.24, 2.45) is 0 Å². The molecule has 11 nitrogen and oxygen atoms in total. The highest BCUT2D eigenvalue weighted by Gasteiger charge is 2.44. The molecular weight excluding hydrogens is 574 g/mol. The maximum Gasteiger partial charge on any atom is 0.338 e. The van der Waals surface area contributed by atoms with Gasteiger partial charge in [0.15, 0.2) is 16.6 Å². The molecule has 1 aliphatic heterocycles. The Kier molecular flexibility index (Phi) is 9.94. The van der Waals surface area contributed by atoms with Crippen LogP contribution in [0.3, 0.4) is 0 Å². The van der Waals surface area contributed by atoms with Gasteiger partial charge in [-0.2, -0.15) is 0 Å². The summed E-state index contributed by atoms with van der Waals surface area (Å²) < 4.78 is 20.5. The number of nitrogens with zero attached hydrogens (tertiary/aromatic N) is 2. The van der Waals surface area contributed by atoms with Crippen LogP contribution in [0.4, 0.5) is 11.4 Å². The van der Waals surface area contributed by atoms with Gasteiger partial charge in [-0.3, -0.25) is 14.5 Å². The molecule has 0 radical (unpaired) electrons. The number of thiocarbonyl (C=S) groups is 1. The van der Waals surface area contributed by atoms with Gasteiger partial charge < -0.3 is 29.2 Å². The summed E-state index contributed by atoms with van der Waals surface area (Å²) in [4.78, 5) is 53.9. The number of nitrogens with one attached hydrogen (secondary N) is 1. The summed E-state index contributed by atoms with van der Waals surface area (Å²) in [5.74, 6) is -0.747. The van der Waals surface area contributed by atoms with Crippen molar-refractivity contribution in [3.05, 3.63) is 83.4 Å². The second-order valence-corrected chi connectivity index (χ2v) is 9.74. The third kappa shape index (κ3) is 6.92. The third-order valence-electron chi connectivity index (χ3n) is 6.72. The van der Waals surface area contributed by atoms with Crippen molar-refractivity contribution in [2.75, 3.05) is 38.2 Å². The van der Waals surface area contributed by atoms with E-state index in [-0.39, 0.29) is 24.7 Å². The predicted octanol–water partition coefficient (Wildman–Crippen LogP) is 4.20. The first-order chi connectivity index (χ1) is 20.7. The van der Waals surface area contributed by atoms with Crippen LogP contribution in [-0.4, -0.2) is 67.7 Å². The summed E-state index contributed by atoms with van der Waals surface area (Å²) in [5.41, 5.74) is 2.34. The molecule has 1 unspecified atom stereocenters. The average molecular weight is 606 g/mol. The van der Waals surface area contributed by atoms with Crippen LogP contribution >= 0.6 is 12.2 Å². The van der Waals surface area contributed by atoms with E-state index in [9.17, 15) is 19.2 Å². The van der Waals surface area contributed by atoms with Crippen LogP contribution in [0.25, 0.3) is 0 Å². The van der Waals surface area contributed by atoms with Crippen molar-refractivity contribution in [3.8, 4) is 11.5 Å². The van der Waals surface area contributed by atoms with Gasteiger partial charge in [-0.25, -0.2) is 9.59 Å². The molecule has 3 aromatic rings. The summed E-state index contributed by atoms with van der Waals surface area (Å²) >= 11 is 5.77. The molecule has 0 spiro atoms. The molecule has 3 aromatic carbocycles. The van der Waals surface area contributed by atoms with Crippen LogP contribution in [0.5, 0.6) is 11.5 Å². The number of methoxy groups -OCH3 is 3. The Morgan fingerprint density at radius 1 is 0.860 bits per heavy atom. The average Bonchev–Trinajstić information content (AvgIpc) is 3.24. The van der Waals surface area contributed by atoms with Gasteiger partial charge >= 0.3 is 11.9 Å². The minimum atomic E-state index is -0.931. The summed E-state index contributed by atoms with van der Waals surface area (Å²) in [5, 5.41) is 2.97. The molecule has 43 heavy (non-hydrogen) atoms. The number of hydrogen-bond acceptors (Lipinski definition) is 9. The predicted molar refractivity (Wildman–Crippen MR) is 162 cm³/mol. The van der Waals surface area contributed by atoms with E-state index < -0.39 is 29.8 Å². The summed E-state index contributed by atoms with van der Waals surface area (Å²) in [6, 6.07) is 17.0. The fourth-order valence-corrected chi connectivity index (χ4v) is 4.97. The Morgan fingerprint density at radius 3 is 2.09 bits per heavy atom. The molecule has 4 rings (SSSR count).